The third kappa shape index (κ3) is 3.63. The van der Waals surface area contributed by atoms with E-state index in [2.05, 4.69) is 28.7 Å². The minimum Gasteiger partial charge on any atom is -0.236 e. The van der Waals surface area contributed by atoms with Crippen LogP contribution in [0.25, 0.3) is 0 Å². The number of halogens is 2. The Morgan fingerprint density at radius 3 is 2.44 bits per heavy atom. The number of hydrogen-bond acceptors (Lipinski definition) is 0. The molecule has 0 heterocycles. The smallest absolute Gasteiger partial charge is 0.236 e. The molecule has 0 aliphatic heterocycles. The van der Waals surface area contributed by atoms with Crippen molar-refractivity contribution in [2.24, 2.45) is 0 Å². The summed E-state index contributed by atoms with van der Waals surface area (Å²) in [5.41, 5.74) is 0. The average Bonchev–Trinajstić information content (AvgIpc) is 1.77. The number of benzene rings is 1. The molecular formula is C6H3FIY+2. The minimum absolute atomic E-state index is 0. The summed E-state index contributed by atoms with van der Waals surface area (Å²) in [6.07, 6.45) is 0. The first-order valence-corrected chi connectivity index (χ1v) is 3.19. The van der Waals surface area contributed by atoms with Crippen molar-refractivity contribution in [2.45, 2.75) is 0 Å². The van der Waals surface area contributed by atoms with Crippen LogP contribution in [0.2, 0.25) is 0 Å². The van der Waals surface area contributed by atoms with E-state index in [-0.39, 0.29) is 38.5 Å². The maximum absolute atomic E-state index is 12.0. The molecule has 9 heavy (non-hydrogen) atoms. The SMILES string of the molecule is Fc1[c-]cc(I)cc1.[Y+3]. The maximum atomic E-state index is 12.0. The molecule has 0 saturated carbocycles. The first-order chi connectivity index (χ1) is 3.79. The van der Waals surface area contributed by atoms with E-state index in [9.17, 15) is 4.39 Å². The molecule has 1 aromatic carbocycles. The zero-order valence-corrected chi connectivity index (χ0v) is 9.56. The van der Waals surface area contributed by atoms with Gasteiger partial charge in [0.1, 0.15) is 0 Å². The normalized spacial score (nSPS) is 8.22. The fourth-order valence-corrected chi connectivity index (χ4v) is 0.722. The summed E-state index contributed by atoms with van der Waals surface area (Å²) in [7, 11) is 0. The van der Waals surface area contributed by atoms with E-state index < -0.39 is 0 Å². The Morgan fingerprint density at radius 1 is 1.44 bits per heavy atom. The third-order valence-electron chi connectivity index (χ3n) is 0.737. The molecular weight excluding hydrogens is 307 g/mol. The van der Waals surface area contributed by atoms with Gasteiger partial charge in [-0.1, -0.05) is 3.57 Å². The molecule has 0 unspecified atom stereocenters. The second kappa shape index (κ2) is 4.75. The largest absolute Gasteiger partial charge is 3.00 e. The van der Waals surface area contributed by atoms with Gasteiger partial charge in [-0.3, -0.25) is 0 Å². The Bertz CT molecular complexity index is 152. The van der Waals surface area contributed by atoms with Crippen molar-refractivity contribution in [3.8, 4) is 0 Å². The molecule has 0 N–H and O–H groups in total. The summed E-state index contributed by atoms with van der Waals surface area (Å²) in [4.78, 5) is 0. The molecule has 0 aliphatic carbocycles. The molecule has 3 heteroatoms. The van der Waals surface area contributed by atoms with E-state index in [1.54, 1.807) is 12.1 Å². The quantitative estimate of drug-likeness (QED) is 0.509. The molecule has 0 spiro atoms. The second-order valence-corrected chi connectivity index (χ2v) is 2.60. The van der Waals surface area contributed by atoms with Crippen LogP contribution in [0.4, 0.5) is 4.39 Å². The molecule has 0 nitrogen and oxygen atoms in total. The van der Waals surface area contributed by atoms with Crippen LogP contribution < -0.4 is 0 Å². The van der Waals surface area contributed by atoms with Crippen molar-refractivity contribution in [2.75, 3.05) is 0 Å². The van der Waals surface area contributed by atoms with E-state index in [1.807, 2.05) is 0 Å². The van der Waals surface area contributed by atoms with Crippen LogP contribution in [0, 0.1) is 15.5 Å². The number of hydrogen-bond donors (Lipinski definition) is 0. The molecule has 0 fully saturated rings. The van der Waals surface area contributed by atoms with Gasteiger partial charge >= 0.3 is 32.7 Å². The van der Waals surface area contributed by atoms with Gasteiger partial charge in [0.05, 0.1) is 0 Å². The van der Waals surface area contributed by atoms with E-state index in [0.29, 0.717) is 0 Å². The van der Waals surface area contributed by atoms with Crippen molar-refractivity contribution in [3.05, 3.63) is 33.7 Å². The van der Waals surface area contributed by atoms with Crippen LogP contribution in [0.15, 0.2) is 18.2 Å². The third-order valence-corrected chi connectivity index (χ3v) is 1.41. The van der Waals surface area contributed by atoms with Gasteiger partial charge in [-0.05, 0) is 0 Å². The fourth-order valence-electron chi connectivity index (χ4n) is 0.387. The van der Waals surface area contributed by atoms with Crippen molar-refractivity contribution in [3.63, 3.8) is 0 Å². The van der Waals surface area contributed by atoms with Crippen molar-refractivity contribution in [1.29, 1.82) is 0 Å². The first-order valence-electron chi connectivity index (χ1n) is 2.12. The van der Waals surface area contributed by atoms with Crippen LogP contribution in [-0.2, 0) is 32.7 Å². The molecule has 0 amide bonds. The summed E-state index contributed by atoms with van der Waals surface area (Å²) in [6.45, 7) is 0. The van der Waals surface area contributed by atoms with E-state index in [4.69, 9.17) is 0 Å². The Hall–Kier alpha value is 0.984. The summed E-state index contributed by atoms with van der Waals surface area (Å²) < 4.78 is 13.0. The molecule has 0 aromatic heterocycles. The first kappa shape index (κ1) is 9.98. The van der Waals surface area contributed by atoms with Crippen molar-refractivity contribution in [1.82, 2.24) is 0 Å². The summed E-state index contributed by atoms with van der Waals surface area (Å²) in [5.74, 6) is -0.301. The van der Waals surface area contributed by atoms with Gasteiger partial charge in [0, 0.05) is 5.82 Å². The molecule has 1 aromatic rings. The molecule has 0 atom stereocenters. The molecule has 0 aliphatic rings. The Morgan fingerprint density at radius 2 is 2.11 bits per heavy atom. The van der Waals surface area contributed by atoms with Gasteiger partial charge in [-0.25, -0.2) is 4.39 Å². The Kier molecular flexibility index (Phi) is 5.27. The average molecular weight is 310 g/mol. The summed E-state index contributed by atoms with van der Waals surface area (Å²) >= 11 is 2.10. The second-order valence-electron chi connectivity index (χ2n) is 1.35. The van der Waals surface area contributed by atoms with E-state index in [0.717, 1.165) is 3.57 Å². The Balaban J connectivity index is 0.000000640. The zero-order chi connectivity index (χ0) is 5.98. The minimum atomic E-state index is -0.301. The van der Waals surface area contributed by atoms with Crippen LogP contribution in [-0.4, -0.2) is 0 Å². The predicted molar refractivity (Wildman–Crippen MR) is 38.0 cm³/mol. The van der Waals surface area contributed by atoms with Crippen molar-refractivity contribution >= 4 is 22.6 Å². The van der Waals surface area contributed by atoms with Gasteiger partial charge in [-0.15, -0.1) is 34.7 Å². The number of rotatable bonds is 0. The van der Waals surface area contributed by atoms with Gasteiger partial charge < -0.3 is 0 Å². The molecule has 0 saturated heterocycles. The monoisotopic (exact) mass is 310 g/mol. The van der Waals surface area contributed by atoms with Crippen LogP contribution in [0.3, 0.4) is 0 Å². The standard InChI is InChI=1S/C6H3FI.Y/c7-5-1-3-6(8)4-2-5;/h1,3-4H;/q-1;+3. The molecule has 42 valence electrons. The summed E-state index contributed by atoms with van der Waals surface area (Å²) in [5, 5.41) is 0. The van der Waals surface area contributed by atoms with E-state index in [1.165, 1.54) is 6.07 Å². The fraction of sp³-hybridized carbons (Fsp3) is 0. The van der Waals surface area contributed by atoms with Gasteiger partial charge in [-0.2, -0.15) is 12.1 Å². The van der Waals surface area contributed by atoms with Crippen LogP contribution in [0.1, 0.15) is 0 Å². The zero-order valence-electron chi connectivity index (χ0n) is 4.57. The predicted octanol–water partition coefficient (Wildman–Crippen LogP) is 2.23. The molecule has 1 rings (SSSR count). The topological polar surface area (TPSA) is 0 Å². The van der Waals surface area contributed by atoms with Gasteiger partial charge in [0.15, 0.2) is 0 Å². The maximum Gasteiger partial charge on any atom is 3.00 e. The molecule has 0 radical (unpaired) electrons. The van der Waals surface area contributed by atoms with Crippen molar-refractivity contribution < 1.29 is 37.1 Å². The van der Waals surface area contributed by atoms with Crippen LogP contribution >= 0.6 is 22.6 Å². The molecule has 0 bridgehead atoms. The van der Waals surface area contributed by atoms with Gasteiger partial charge in [0.2, 0.25) is 0 Å². The summed E-state index contributed by atoms with van der Waals surface area (Å²) in [6, 6.07) is 7.12. The van der Waals surface area contributed by atoms with Crippen LogP contribution in [0.5, 0.6) is 0 Å². The van der Waals surface area contributed by atoms with Gasteiger partial charge in [0.25, 0.3) is 0 Å². The van der Waals surface area contributed by atoms with E-state index >= 15 is 0 Å². The Labute approximate surface area is 92.2 Å².